The molecule has 1 N–H and O–H groups in total. The van der Waals surface area contributed by atoms with Gasteiger partial charge >= 0.3 is 12.1 Å². The van der Waals surface area contributed by atoms with E-state index in [2.05, 4.69) is 17.4 Å². The monoisotopic (exact) mass is 367 g/mol. The molecular formula is C22H25NO4. The van der Waals surface area contributed by atoms with Gasteiger partial charge in [-0.15, -0.1) is 0 Å². The number of hydrogen-bond donors (Lipinski definition) is 1. The molecule has 1 fully saturated rings. The average molecular weight is 367 g/mol. The third-order valence-corrected chi connectivity index (χ3v) is 4.65. The summed E-state index contributed by atoms with van der Waals surface area (Å²) in [4.78, 5) is 24.6. The third-order valence-electron chi connectivity index (χ3n) is 4.65. The number of benzene rings is 2. The van der Waals surface area contributed by atoms with Crippen LogP contribution in [0.1, 0.15) is 38.7 Å². The summed E-state index contributed by atoms with van der Waals surface area (Å²) < 4.78 is 10.3. The highest BCUT2D eigenvalue weighted by atomic mass is 16.6. The maximum absolute atomic E-state index is 12.4. The predicted octanol–water partition coefficient (Wildman–Crippen LogP) is 4.28. The Bertz CT molecular complexity index is 824. The number of amides is 1. The number of nitrogens with one attached hydrogen (secondary N) is 1. The minimum atomic E-state index is -1.06. The van der Waals surface area contributed by atoms with Crippen LogP contribution in [0, 0.1) is 0 Å². The lowest BCUT2D eigenvalue weighted by Gasteiger charge is -2.23. The van der Waals surface area contributed by atoms with Gasteiger partial charge in [0.2, 0.25) is 0 Å². The van der Waals surface area contributed by atoms with Crippen LogP contribution in [-0.4, -0.2) is 30.3 Å². The number of methoxy groups -OCH3 is 1. The molecule has 1 saturated carbocycles. The Kier molecular flexibility index (Phi) is 4.96. The number of esters is 1. The van der Waals surface area contributed by atoms with Crippen molar-refractivity contribution in [2.75, 3.05) is 7.11 Å². The summed E-state index contributed by atoms with van der Waals surface area (Å²) in [5.41, 5.74) is 1.51. The van der Waals surface area contributed by atoms with Crippen molar-refractivity contribution < 1.29 is 19.1 Å². The fraction of sp³-hybridized carbons (Fsp3) is 0.364. The number of carbonyl (C=O) groups is 2. The minimum absolute atomic E-state index is 0.137. The molecule has 0 aliphatic heterocycles. The lowest BCUT2D eigenvalue weighted by Crippen LogP contribution is -2.47. The molecule has 0 heterocycles. The summed E-state index contributed by atoms with van der Waals surface area (Å²) in [5, 5.41) is 2.73. The highest BCUT2D eigenvalue weighted by molar-refractivity contribution is 5.91. The molecule has 0 bridgehead atoms. The van der Waals surface area contributed by atoms with Crippen molar-refractivity contribution in [3.63, 3.8) is 0 Å². The normalized spacial score (nSPS) is 21.3. The van der Waals surface area contributed by atoms with Gasteiger partial charge in [0.05, 0.1) is 7.11 Å². The number of alkyl carbamates (subject to hydrolysis) is 1. The highest BCUT2D eigenvalue weighted by Gasteiger charge is 2.63. The van der Waals surface area contributed by atoms with Crippen LogP contribution in [0.2, 0.25) is 0 Å². The summed E-state index contributed by atoms with van der Waals surface area (Å²) in [6.07, 6.45) is -0.125. The first-order valence-electron chi connectivity index (χ1n) is 9.00. The molecule has 2 aromatic carbocycles. The van der Waals surface area contributed by atoms with Crippen molar-refractivity contribution in [3.05, 3.63) is 60.2 Å². The Morgan fingerprint density at radius 3 is 2.15 bits per heavy atom. The SMILES string of the molecule is COC(=O)C1(NC(=O)OC(C)(C)C)CC1c1ccc(-c2ccccc2)cc1. The standard InChI is InChI=1S/C22H25NO4/c1-21(2,3)27-20(25)23-22(19(24)26-4)14-18(22)17-12-10-16(11-13-17)15-8-6-5-7-9-15/h5-13,18H,14H2,1-4H3,(H,23,25). The molecule has 1 aliphatic rings. The van der Waals surface area contributed by atoms with Crippen molar-refractivity contribution in [2.45, 2.75) is 44.2 Å². The quantitative estimate of drug-likeness (QED) is 0.820. The first-order valence-corrected chi connectivity index (χ1v) is 9.00. The predicted molar refractivity (Wildman–Crippen MR) is 103 cm³/mol. The summed E-state index contributed by atoms with van der Waals surface area (Å²) in [5.74, 6) is -0.590. The molecule has 2 aromatic rings. The number of ether oxygens (including phenoxy) is 2. The van der Waals surface area contributed by atoms with Gasteiger partial charge in [0.15, 0.2) is 0 Å². The van der Waals surface area contributed by atoms with Crippen LogP contribution in [0.15, 0.2) is 54.6 Å². The molecule has 3 rings (SSSR count). The maximum atomic E-state index is 12.4. The Morgan fingerprint density at radius 1 is 1.00 bits per heavy atom. The van der Waals surface area contributed by atoms with E-state index in [9.17, 15) is 9.59 Å². The van der Waals surface area contributed by atoms with Gasteiger partial charge in [-0.3, -0.25) is 0 Å². The van der Waals surface area contributed by atoms with Crippen LogP contribution in [0.4, 0.5) is 4.79 Å². The van der Waals surface area contributed by atoms with E-state index < -0.39 is 23.2 Å². The van der Waals surface area contributed by atoms with Crippen LogP contribution in [0.5, 0.6) is 0 Å². The first kappa shape index (κ1) is 19.0. The average Bonchev–Trinajstić information content (AvgIpc) is 3.35. The maximum Gasteiger partial charge on any atom is 0.408 e. The van der Waals surface area contributed by atoms with Crippen molar-refractivity contribution in [1.29, 1.82) is 0 Å². The molecule has 1 aliphatic carbocycles. The van der Waals surface area contributed by atoms with E-state index in [1.165, 1.54) is 7.11 Å². The zero-order valence-electron chi connectivity index (χ0n) is 16.1. The van der Waals surface area contributed by atoms with Crippen LogP contribution in [0.25, 0.3) is 11.1 Å². The molecule has 27 heavy (non-hydrogen) atoms. The fourth-order valence-corrected chi connectivity index (χ4v) is 3.29. The summed E-state index contributed by atoms with van der Waals surface area (Å²) >= 11 is 0. The van der Waals surface area contributed by atoms with Crippen molar-refractivity contribution >= 4 is 12.1 Å². The third kappa shape index (κ3) is 4.13. The van der Waals surface area contributed by atoms with Crippen molar-refractivity contribution in [1.82, 2.24) is 5.32 Å². The molecule has 0 spiro atoms. The number of rotatable bonds is 4. The van der Waals surface area contributed by atoms with Gasteiger partial charge in [-0.2, -0.15) is 0 Å². The highest BCUT2D eigenvalue weighted by Crippen LogP contribution is 2.52. The molecule has 142 valence electrons. The van der Waals surface area contributed by atoms with Gasteiger partial charge in [-0.1, -0.05) is 54.6 Å². The molecule has 5 heteroatoms. The van der Waals surface area contributed by atoms with Crippen LogP contribution in [0.3, 0.4) is 0 Å². The lowest BCUT2D eigenvalue weighted by molar-refractivity contribution is -0.144. The van der Waals surface area contributed by atoms with E-state index >= 15 is 0 Å². The van der Waals surface area contributed by atoms with E-state index in [1.54, 1.807) is 20.8 Å². The second-order valence-electron chi connectivity index (χ2n) is 7.83. The second-order valence-corrected chi connectivity index (χ2v) is 7.83. The minimum Gasteiger partial charge on any atom is -0.467 e. The Morgan fingerprint density at radius 2 is 1.59 bits per heavy atom. The van der Waals surface area contributed by atoms with Crippen molar-refractivity contribution in [3.8, 4) is 11.1 Å². The van der Waals surface area contributed by atoms with Crippen LogP contribution >= 0.6 is 0 Å². The van der Waals surface area contributed by atoms with Gasteiger partial charge in [0.25, 0.3) is 0 Å². The number of hydrogen-bond acceptors (Lipinski definition) is 4. The van der Waals surface area contributed by atoms with Gasteiger partial charge in [0, 0.05) is 5.92 Å². The first-order chi connectivity index (χ1) is 12.7. The Balaban J connectivity index is 1.78. The Hall–Kier alpha value is -2.82. The molecule has 5 nitrogen and oxygen atoms in total. The van der Waals surface area contributed by atoms with Gasteiger partial charge in [-0.25, -0.2) is 9.59 Å². The van der Waals surface area contributed by atoms with Gasteiger partial charge in [0.1, 0.15) is 11.1 Å². The van der Waals surface area contributed by atoms with E-state index in [-0.39, 0.29) is 5.92 Å². The zero-order chi connectivity index (χ0) is 19.7. The molecule has 0 saturated heterocycles. The Labute approximate surface area is 159 Å². The van der Waals surface area contributed by atoms with Crippen LogP contribution in [-0.2, 0) is 14.3 Å². The molecule has 1 amide bonds. The van der Waals surface area contributed by atoms with E-state index in [0.717, 1.165) is 16.7 Å². The second kappa shape index (κ2) is 7.06. The van der Waals surface area contributed by atoms with E-state index in [0.29, 0.717) is 6.42 Å². The van der Waals surface area contributed by atoms with Crippen LogP contribution < -0.4 is 5.32 Å². The van der Waals surface area contributed by atoms with Crippen molar-refractivity contribution in [2.24, 2.45) is 0 Å². The molecule has 0 radical (unpaired) electrons. The lowest BCUT2D eigenvalue weighted by atomic mass is 10.0. The molecule has 2 atom stereocenters. The topological polar surface area (TPSA) is 64.6 Å². The number of carbonyl (C=O) groups excluding carboxylic acids is 2. The molecular weight excluding hydrogens is 342 g/mol. The largest absolute Gasteiger partial charge is 0.467 e. The van der Waals surface area contributed by atoms with E-state index in [1.807, 2.05) is 42.5 Å². The van der Waals surface area contributed by atoms with E-state index in [4.69, 9.17) is 9.47 Å². The fourth-order valence-electron chi connectivity index (χ4n) is 3.29. The molecule has 2 unspecified atom stereocenters. The molecule has 0 aromatic heterocycles. The summed E-state index contributed by atoms with van der Waals surface area (Å²) in [6.45, 7) is 5.35. The smallest absolute Gasteiger partial charge is 0.408 e. The summed E-state index contributed by atoms with van der Waals surface area (Å²) in [6, 6.07) is 18.1. The zero-order valence-corrected chi connectivity index (χ0v) is 16.1. The van der Waals surface area contributed by atoms with Gasteiger partial charge < -0.3 is 14.8 Å². The summed E-state index contributed by atoms with van der Waals surface area (Å²) in [7, 11) is 1.33. The van der Waals surface area contributed by atoms with Gasteiger partial charge in [-0.05, 0) is 43.9 Å².